The molecule has 0 unspecified atom stereocenters. The van der Waals surface area contributed by atoms with Crippen LogP contribution in [-0.2, 0) is 5.41 Å². The van der Waals surface area contributed by atoms with E-state index in [9.17, 15) is 0 Å². The molecule has 0 spiro atoms. The largest absolute Gasteiger partial charge is 0.399 e. The van der Waals surface area contributed by atoms with E-state index in [2.05, 4.69) is 63.2 Å². The van der Waals surface area contributed by atoms with Gasteiger partial charge in [-0.1, -0.05) is 55.8 Å². The molecule has 0 heterocycles. The topological polar surface area (TPSA) is 52.0 Å². The first-order valence-corrected chi connectivity index (χ1v) is 8.30. The van der Waals surface area contributed by atoms with Gasteiger partial charge < -0.3 is 11.5 Å². The Labute approximate surface area is 143 Å². The molecule has 0 fully saturated rings. The van der Waals surface area contributed by atoms with Crippen LogP contribution in [0.25, 0.3) is 22.3 Å². The maximum absolute atomic E-state index is 6.44. The molecule has 4 N–H and O–H groups in total. The zero-order chi connectivity index (χ0) is 17.1. The summed E-state index contributed by atoms with van der Waals surface area (Å²) in [6, 6.07) is 18.9. The Morgan fingerprint density at radius 3 is 2.33 bits per heavy atom. The van der Waals surface area contributed by atoms with Crippen molar-refractivity contribution in [3.05, 3.63) is 71.3 Å². The minimum absolute atomic E-state index is 0.130. The normalized spacial score (nSPS) is 14.3. The van der Waals surface area contributed by atoms with E-state index in [-0.39, 0.29) is 5.41 Å². The van der Waals surface area contributed by atoms with Crippen LogP contribution < -0.4 is 11.5 Å². The fourth-order valence-corrected chi connectivity index (χ4v) is 4.05. The van der Waals surface area contributed by atoms with Crippen molar-refractivity contribution >= 4 is 11.4 Å². The predicted octanol–water partition coefficient (Wildman–Crippen LogP) is 5.13. The van der Waals surface area contributed by atoms with Gasteiger partial charge in [-0.15, -0.1) is 0 Å². The molecular weight excluding hydrogens is 292 g/mol. The van der Waals surface area contributed by atoms with Gasteiger partial charge in [-0.25, -0.2) is 0 Å². The Bertz CT molecular complexity index is 968. The van der Waals surface area contributed by atoms with Crippen LogP contribution in [-0.4, -0.2) is 0 Å². The van der Waals surface area contributed by atoms with Crippen molar-refractivity contribution in [2.45, 2.75) is 26.2 Å². The van der Waals surface area contributed by atoms with E-state index in [1.54, 1.807) is 0 Å². The van der Waals surface area contributed by atoms with Gasteiger partial charge in [-0.3, -0.25) is 0 Å². The second-order valence-electron chi connectivity index (χ2n) is 7.25. The van der Waals surface area contributed by atoms with Gasteiger partial charge in [0.25, 0.3) is 0 Å². The molecule has 0 saturated carbocycles. The number of nitrogen functional groups attached to an aromatic ring is 2. The van der Waals surface area contributed by atoms with Crippen LogP contribution in [0.5, 0.6) is 0 Å². The number of rotatable bonds is 1. The number of aryl methyl sites for hydroxylation is 1. The Balaban J connectivity index is 2.08. The molecule has 0 aliphatic heterocycles. The van der Waals surface area contributed by atoms with Crippen molar-refractivity contribution in [1.82, 2.24) is 0 Å². The molecule has 0 radical (unpaired) electrons. The molecule has 0 amide bonds. The third kappa shape index (κ3) is 1.96. The minimum atomic E-state index is -0.130. The highest BCUT2D eigenvalue weighted by Crippen LogP contribution is 2.53. The maximum atomic E-state index is 6.44. The summed E-state index contributed by atoms with van der Waals surface area (Å²) in [5, 5.41) is 0. The van der Waals surface area contributed by atoms with Crippen molar-refractivity contribution in [1.29, 1.82) is 0 Å². The average molecular weight is 314 g/mol. The molecule has 0 atom stereocenters. The second-order valence-corrected chi connectivity index (χ2v) is 7.25. The summed E-state index contributed by atoms with van der Waals surface area (Å²) in [5.41, 5.74) is 22.7. The van der Waals surface area contributed by atoms with Gasteiger partial charge in [0.2, 0.25) is 0 Å². The van der Waals surface area contributed by atoms with E-state index < -0.39 is 0 Å². The average Bonchev–Trinajstić information content (AvgIpc) is 2.75. The number of fused-ring (bicyclic) bond motifs is 3. The highest BCUT2D eigenvalue weighted by atomic mass is 14.6. The Morgan fingerprint density at radius 2 is 1.58 bits per heavy atom. The van der Waals surface area contributed by atoms with Gasteiger partial charge in [0.1, 0.15) is 0 Å². The third-order valence-electron chi connectivity index (χ3n) is 5.18. The van der Waals surface area contributed by atoms with Crippen molar-refractivity contribution in [2.75, 3.05) is 11.5 Å². The quantitative estimate of drug-likeness (QED) is 0.612. The second kappa shape index (κ2) is 4.88. The molecule has 3 aromatic rings. The summed E-state index contributed by atoms with van der Waals surface area (Å²) in [7, 11) is 0. The van der Waals surface area contributed by atoms with E-state index in [1.165, 1.54) is 33.4 Å². The van der Waals surface area contributed by atoms with Crippen LogP contribution in [0.4, 0.5) is 11.4 Å². The molecule has 3 aromatic carbocycles. The first-order chi connectivity index (χ1) is 11.4. The van der Waals surface area contributed by atoms with Gasteiger partial charge in [0, 0.05) is 22.4 Å². The summed E-state index contributed by atoms with van der Waals surface area (Å²) < 4.78 is 0. The Kier molecular flexibility index (Phi) is 3.01. The van der Waals surface area contributed by atoms with E-state index in [0.717, 1.165) is 16.9 Å². The fraction of sp³-hybridized carbons (Fsp3) is 0.182. The number of benzene rings is 3. The summed E-state index contributed by atoms with van der Waals surface area (Å²) >= 11 is 0. The van der Waals surface area contributed by atoms with Crippen molar-refractivity contribution in [3.63, 3.8) is 0 Å². The van der Waals surface area contributed by atoms with Crippen molar-refractivity contribution in [3.8, 4) is 22.3 Å². The molecule has 4 rings (SSSR count). The van der Waals surface area contributed by atoms with E-state index in [0.29, 0.717) is 0 Å². The number of hydrogen-bond acceptors (Lipinski definition) is 2. The third-order valence-corrected chi connectivity index (χ3v) is 5.18. The van der Waals surface area contributed by atoms with Crippen LogP contribution in [0.3, 0.4) is 0 Å². The Hall–Kier alpha value is -2.74. The lowest BCUT2D eigenvalue weighted by Gasteiger charge is -2.25. The van der Waals surface area contributed by atoms with Crippen LogP contribution in [0, 0.1) is 6.92 Å². The standard InChI is InChI=1S/C22H22N2/c1-13-5-4-6-14(11-13)20-19(24)10-9-17-16-8-7-15(23)12-18(16)22(2,3)21(17)20/h4-12H,23-24H2,1-3H3. The summed E-state index contributed by atoms with van der Waals surface area (Å²) in [6.07, 6.45) is 0. The molecular formula is C22H22N2. The van der Waals surface area contributed by atoms with Crippen LogP contribution >= 0.6 is 0 Å². The highest BCUT2D eigenvalue weighted by molar-refractivity contribution is 5.93. The van der Waals surface area contributed by atoms with Gasteiger partial charge in [-0.2, -0.15) is 0 Å². The van der Waals surface area contributed by atoms with Crippen LogP contribution in [0.15, 0.2) is 54.6 Å². The first kappa shape index (κ1) is 14.8. The zero-order valence-electron chi connectivity index (χ0n) is 14.4. The van der Waals surface area contributed by atoms with Gasteiger partial charge in [0.05, 0.1) is 0 Å². The molecule has 1 aliphatic carbocycles. The molecule has 24 heavy (non-hydrogen) atoms. The van der Waals surface area contributed by atoms with Gasteiger partial charge in [0.15, 0.2) is 0 Å². The predicted molar refractivity (Wildman–Crippen MR) is 103 cm³/mol. The molecule has 120 valence electrons. The molecule has 2 heteroatoms. The Morgan fingerprint density at radius 1 is 0.833 bits per heavy atom. The molecule has 1 aliphatic rings. The van der Waals surface area contributed by atoms with Crippen LogP contribution in [0.2, 0.25) is 0 Å². The van der Waals surface area contributed by atoms with E-state index in [1.807, 2.05) is 12.1 Å². The number of hydrogen-bond donors (Lipinski definition) is 2. The lowest BCUT2D eigenvalue weighted by atomic mass is 9.78. The molecule has 0 bridgehead atoms. The summed E-state index contributed by atoms with van der Waals surface area (Å²) in [6.45, 7) is 6.63. The fourth-order valence-electron chi connectivity index (χ4n) is 4.05. The summed E-state index contributed by atoms with van der Waals surface area (Å²) in [4.78, 5) is 0. The van der Waals surface area contributed by atoms with E-state index >= 15 is 0 Å². The molecule has 2 nitrogen and oxygen atoms in total. The van der Waals surface area contributed by atoms with Crippen molar-refractivity contribution < 1.29 is 0 Å². The van der Waals surface area contributed by atoms with E-state index in [4.69, 9.17) is 11.5 Å². The zero-order valence-corrected chi connectivity index (χ0v) is 14.4. The van der Waals surface area contributed by atoms with Gasteiger partial charge in [-0.05, 0) is 52.9 Å². The first-order valence-electron chi connectivity index (χ1n) is 8.30. The van der Waals surface area contributed by atoms with Gasteiger partial charge >= 0.3 is 0 Å². The molecule has 0 saturated heterocycles. The highest BCUT2D eigenvalue weighted by Gasteiger charge is 2.38. The summed E-state index contributed by atoms with van der Waals surface area (Å²) in [5.74, 6) is 0. The van der Waals surface area contributed by atoms with Crippen LogP contribution in [0.1, 0.15) is 30.5 Å². The molecule has 0 aromatic heterocycles. The lowest BCUT2D eigenvalue weighted by molar-refractivity contribution is 0.662. The number of nitrogens with two attached hydrogens (primary N) is 2. The maximum Gasteiger partial charge on any atom is 0.0397 e. The SMILES string of the molecule is Cc1cccc(-c2c(N)ccc3c2C(C)(C)c2cc(N)ccc2-3)c1. The number of anilines is 2. The minimum Gasteiger partial charge on any atom is -0.399 e. The monoisotopic (exact) mass is 314 g/mol. The smallest absolute Gasteiger partial charge is 0.0397 e. The van der Waals surface area contributed by atoms with Crippen molar-refractivity contribution in [2.24, 2.45) is 0 Å². The lowest BCUT2D eigenvalue weighted by Crippen LogP contribution is -2.17.